The summed E-state index contributed by atoms with van der Waals surface area (Å²) in [5.41, 5.74) is 2.47. The van der Waals surface area contributed by atoms with E-state index in [0.29, 0.717) is 60.3 Å². The summed E-state index contributed by atoms with van der Waals surface area (Å²) in [5, 5.41) is 7.25. The van der Waals surface area contributed by atoms with Crippen LogP contribution in [0.2, 0.25) is 0 Å². The fourth-order valence-electron chi connectivity index (χ4n) is 3.96. The Hall–Kier alpha value is -3.95. The summed E-state index contributed by atoms with van der Waals surface area (Å²) >= 11 is 0. The number of benzene rings is 1. The van der Waals surface area contributed by atoms with Crippen LogP contribution < -0.4 is 14.8 Å². The minimum Gasteiger partial charge on any atom is -0.497 e. The van der Waals surface area contributed by atoms with Crippen LogP contribution in [-0.4, -0.2) is 70.3 Å². The number of likely N-dealkylation sites (tertiary alicyclic amines) is 1. The van der Waals surface area contributed by atoms with Crippen molar-refractivity contribution in [2.45, 2.75) is 26.2 Å². The van der Waals surface area contributed by atoms with Crippen LogP contribution in [0.4, 0.5) is 0 Å². The molecular formula is C24H28N6O4. The first-order valence-corrected chi connectivity index (χ1v) is 11.2. The van der Waals surface area contributed by atoms with Gasteiger partial charge in [-0.3, -0.25) is 9.59 Å². The average molecular weight is 465 g/mol. The number of carbonyl (C=O) groups excluding carboxylic acids is 2. The zero-order chi connectivity index (χ0) is 24.1. The summed E-state index contributed by atoms with van der Waals surface area (Å²) in [6, 6.07) is 7.25. The third-order valence-corrected chi connectivity index (χ3v) is 5.83. The zero-order valence-electron chi connectivity index (χ0n) is 19.6. The van der Waals surface area contributed by atoms with Crippen molar-refractivity contribution in [1.82, 2.24) is 30.0 Å². The van der Waals surface area contributed by atoms with Gasteiger partial charge in [0.1, 0.15) is 11.5 Å². The van der Waals surface area contributed by atoms with E-state index in [4.69, 9.17) is 9.47 Å². The molecule has 0 radical (unpaired) electrons. The van der Waals surface area contributed by atoms with E-state index in [0.717, 1.165) is 18.5 Å². The highest BCUT2D eigenvalue weighted by molar-refractivity contribution is 5.95. The molecule has 0 spiro atoms. The second-order valence-electron chi connectivity index (χ2n) is 7.96. The summed E-state index contributed by atoms with van der Waals surface area (Å²) in [6.45, 7) is 3.74. The Balaban J connectivity index is 1.47. The number of methoxy groups -OCH3 is 2. The second-order valence-corrected chi connectivity index (χ2v) is 7.96. The molecule has 1 aliphatic heterocycles. The van der Waals surface area contributed by atoms with Gasteiger partial charge in [0.05, 0.1) is 37.4 Å². The second kappa shape index (κ2) is 10.3. The lowest BCUT2D eigenvalue weighted by Gasteiger charge is -2.15. The van der Waals surface area contributed by atoms with Gasteiger partial charge in [0.25, 0.3) is 11.9 Å². The molecule has 2 aromatic heterocycles. The molecule has 0 saturated carbocycles. The Kier molecular flexibility index (Phi) is 7.05. The Morgan fingerprint density at radius 2 is 2.06 bits per heavy atom. The van der Waals surface area contributed by atoms with Gasteiger partial charge in [0, 0.05) is 37.8 Å². The molecule has 0 bridgehead atoms. The highest BCUT2D eigenvalue weighted by Gasteiger charge is 2.20. The molecule has 10 nitrogen and oxygen atoms in total. The SMILES string of the molecule is COc1ccc(OC)c(-c2ccnc(-n3ncc(C(=O)NCCCN4CCCC4=O)c3C)n2)c1. The molecule has 1 N–H and O–H groups in total. The molecule has 3 heterocycles. The first kappa shape index (κ1) is 23.2. The van der Waals surface area contributed by atoms with E-state index in [2.05, 4.69) is 20.4 Å². The Morgan fingerprint density at radius 3 is 2.79 bits per heavy atom. The van der Waals surface area contributed by atoms with Crippen molar-refractivity contribution in [3.8, 4) is 28.7 Å². The summed E-state index contributed by atoms with van der Waals surface area (Å²) < 4.78 is 12.3. The van der Waals surface area contributed by atoms with Crippen LogP contribution in [0.5, 0.6) is 11.5 Å². The number of carbonyl (C=O) groups is 2. The quantitative estimate of drug-likeness (QED) is 0.484. The number of nitrogens with zero attached hydrogens (tertiary/aromatic N) is 5. The lowest BCUT2D eigenvalue weighted by Crippen LogP contribution is -2.30. The molecule has 1 aliphatic rings. The number of hydrogen-bond donors (Lipinski definition) is 1. The highest BCUT2D eigenvalue weighted by atomic mass is 16.5. The van der Waals surface area contributed by atoms with Crippen LogP contribution in [0.15, 0.2) is 36.7 Å². The van der Waals surface area contributed by atoms with Gasteiger partial charge in [0.15, 0.2) is 0 Å². The number of rotatable bonds is 9. The molecule has 34 heavy (non-hydrogen) atoms. The molecule has 4 rings (SSSR count). The molecule has 1 fully saturated rings. The lowest BCUT2D eigenvalue weighted by atomic mass is 10.1. The fourth-order valence-corrected chi connectivity index (χ4v) is 3.96. The smallest absolute Gasteiger partial charge is 0.254 e. The summed E-state index contributed by atoms with van der Waals surface area (Å²) in [6.07, 6.45) is 5.39. The largest absolute Gasteiger partial charge is 0.497 e. The van der Waals surface area contributed by atoms with Gasteiger partial charge in [0.2, 0.25) is 5.91 Å². The molecule has 0 atom stereocenters. The molecule has 1 aromatic carbocycles. The van der Waals surface area contributed by atoms with Crippen LogP contribution in [-0.2, 0) is 4.79 Å². The van der Waals surface area contributed by atoms with Crippen LogP contribution >= 0.6 is 0 Å². The average Bonchev–Trinajstić information content (AvgIpc) is 3.46. The maximum atomic E-state index is 12.7. The first-order valence-electron chi connectivity index (χ1n) is 11.2. The molecule has 3 aromatic rings. The molecule has 1 saturated heterocycles. The van der Waals surface area contributed by atoms with Gasteiger partial charge in [-0.15, -0.1) is 0 Å². The van der Waals surface area contributed by atoms with E-state index >= 15 is 0 Å². The van der Waals surface area contributed by atoms with Gasteiger partial charge < -0.3 is 19.7 Å². The predicted octanol–water partition coefficient (Wildman–Crippen LogP) is 2.40. The number of aromatic nitrogens is 4. The zero-order valence-corrected chi connectivity index (χ0v) is 19.6. The normalized spacial score (nSPS) is 13.3. The molecule has 178 valence electrons. The number of amides is 2. The minimum atomic E-state index is -0.220. The molecular weight excluding hydrogens is 436 g/mol. The van der Waals surface area contributed by atoms with Crippen molar-refractivity contribution in [1.29, 1.82) is 0 Å². The lowest BCUT2D eigenvalue weighted by molar-refractivity contribution is -0.127. The van der Waals surface area contributed by atoms with E-state index < -0.39 is 0 Å². The van der Waals surface area contributed by atoms with Crippen LogP contribution in [0.3, 0.4) is 0 Å². The highest BCUT2D eigenvalue weighted by Crippen LogP contribution is 2.32. The first-order chi connectivity index (χ1) is 16.5. The third-order valence-electron chi connectivity index (χ3n) is 5.83. The molecule has 10 heteroatoms. The van der Waals surface area contributed by atoms with Crippen LogP contribution in [0, 0.1) is 6.92 Å². The van der Waals surface area contributed by atoms with Crippen LogP contribution in [0.25, 0.3) is 17.2 Å². The summed E-state index contributed by atoms with van der Waals surface area (Å²) in [5.74, 6) is 1.64. The van der Waals surface area contributed by atoms with E-state index in [9.17, 15) is 9.59 Å². The van der Waals surface area contributed by atoms with Gasteiger partial charge in [-0.05, 0) is 44.0 Å². The number of nitrogens with one attached hydrogen (secondary N) is 1. The fraction of sp³-hybridized carbons (Fsp3) is 0.375. The molecule has 2 amide bonds. The van der Waals surface area contributed by atoms with E-state index in [1.54, 1.807) is 33.4 Å². The number of ether oxygens (including phenoxy) is 2. The monoisotopic (exact) mass is 464 g/mol. The van der Waals surface area contributed by atoms with Crippen molar-refractivity contribution in [3.05, 3.63) is 47.9 Å². The summed E-state index contributed by atoms with van der Waals surface area (Å²) in [4.78, 5) is 35.2. The Bertz CT molecular complexity index is 1190. The van der Waals surface area contributed by atoms with E-state index in [1.165, 1.54) is 10.9 Å². The van der Waals surface area contributed by atoms with Gasteiger partial charge in [-0.25, -0.2) is 14.6 Å². The van der Waals surface area contributed by atoms with Crippen molar-refractivity contribution in [3.63, 3.8) is 0 Å². The standard InChI is InChI=1S/C24H28N6O4/c1-16-19(23(32)25-10-5-13-29-12-4-6-22(29)31)15-27-30(16)24-26-11-9-20(28-24)18-14-17(33-2)7-8-21(18)34-3/h7-9,11,14-15H,4-6,10,12-13H2,1-3H3,(H,25,32). The van der Waals surface area contributed by atoms with Gasteiger partial charge in [-0.2, -0.15) is 5.10 Å². The topological polar surface area (TPSA) is 111 Å². The number of hydrogen-bond acceptors (Lipinski definition) is 7. The molecule has 0 unspecified atom stereocenters. The van der Waals surface area contributed by atoms with Crippen molar-refractivity contribution in [2.75, 3.05) is 33.9 Å². The van der Waals surface area contributed by atoms with Gasteiger partial charge >= 0.3 is 0 Å². The van der Waals surface area contributed by atoms with Crippen molar-refractivity contribution in [2.24, 2.45) is 0 Å². The van der Waals surface area contributed by atoms with Gasteiger partial charge in [-0.1, -0.05) is 0 Å². The van der Waals surface area contributed by atoms with E-state index in [-0.39, 0.29) is 11.8 Å². The van der Waals surface area contributed by atoms with Crippen molar-refractivity contribution >= 4 is 11.8 Å². The minimum absolute atomic E-state index is 0.192. The maximum Gasteiger partial charge on any atom is 0.254 e. The van der Waals surface area contributed by atoms with Crippen molar-refractivity contribution < 1.29 is 19.1 Å². The Labute approximate surface area is 197 Å². The summed E-state index contributed by atoms with van der Waals surface area (Å²) in [7, 11) is 3.20. The van der Waals surface area contributed by atoms with Crippen LogP contribution in [0.1, 0.15) is 35.3 Å². The third kappa shape index (κ3) is 4.85. The molecule has 0 aliphatic carbocycles. The predicted molar refractivity (Wildman–Crippen MR) is 125 cm³/mol. The van der Waals surface area contributed by atoms with E-state index in [1.807, 2.05) is 23.1 Å². The Morgan fingerprint density at radius 1 is 1.21 bits per heavy atom. The maximum absolute atomic E-state index is 12.7.